The lowest BCUT2D eigenvalue weighted by Gasteiger charge is -2.24. The van der Waals surface area contributed by atoms with Crippen molar-refractivity contribution in [3.63, 3.8) is 0 Å². The molecule has 3 unspecified atom stereocenters. The van der Waals surface area contributed by atoms with E-state index in [-0.39, 0.29) is 12.1 Å². The molecule has 1 fully saturated rings. The Morgan fingerprint density at radius 2 is 1.65 bits per heavy atom. The summed E-state index contributed by atoms with van der Waals surface area (Å²) >= 11 is 0. The first-order valence-electron chi connectivity index (χ1n) is 18.1. The second kappa shape index (κ2) is 15.3. The number of hydrazine groups is 1. The number of benzene rings is 1. The van der Waals surface area contributed by atoms with Crippen LogP contribution in [-0.4, -0.2) is 67.1 Å². The highest BCUT2D eigenvalue weighted by Crippen LogP contribution is 2.37. The van der Waals surface area contributed by atoms with Gasteiger partial charge in [0.1, 0.15) is 13.2 Å². The molecular formula is C43H51N9+2. The fourth-order valence-electron chi connectivity index (χ4n) is 7.65. The maximum absolute atomic E-state index is 6.07. The van der Waals surface area contributed by atoms with Gasteiger partial charge in [-0.15, -0.1) is 0 Å². The zero-order chi connectivity index (χ0) is 36.2. The number of aromatic amines is 1. The highest BCUT2D eigenvalue weighted by molar-refractivity contribution is 5.87. The van der Waals surface area contributed by atoms with E-state index in [0.29, 0.717) is 6.54 Å². The van der Waals surface area contributed by atoms with Crippen LogP contribution in [0.15, 0.2) is 167 Å². The van der Waals surface area contributed by atoms with Crippen molar-refractivity contribution in [2.75, 3.05) is 34.2 Å². The zero-order valence-corrected chi connectivity index (χ0v) is 30.4. The summed E-state index contributed by atoms with van der Waals surface area (Å²) in [5, 5.41) is 13.2. The second-order valence-corrected chi connectivity index (χ2v) is 13.8. The van der Waals surface area contributed by atoms with Crippen LogP contribution in [0.1, 0.15) is 29.8 Å². The maximum Gasteiger partial charge on any atom is 0.171 e. The summed E-state index contributed by atoms with van der Waals surface area (Å²) < 4.78 is 2.25. The molecule has 0 radical (unpaired) electrons. The number of nitrogens with one attached hydrogen (secondary N) is 5. The number of hydrogen-bond donors (Lipinski definition) is 7. The van der Waals surface area contributed by atoms with Gasteiger partial charge in [-0.2, -0.15) is 0 Å². The van der Waals surface area contributed by atoms with E-state index in [9.17, 15) is 0 Å². The van der Waals surface area contributed by atoms with Crippen molar-refractivity contribution in [1.29, 1.82) is 0 Å². The average molecular weight is 694 g/mol. The molecule has 6 aliphatic rings. The molecule has 7 heterocycles. The van der Waals surface area contributed by atoms with Crippen molar-refractivity contribution in [3.05, 3.63) is 184 Å². The molecule has 3 atom stereocenters. The standard InChI is InChI=1S/C42H45N8.CH5N/c1-28-9-11-34(44-28)40(30-19-23-50(43)24-20-30)36-13-14-38(46-36)42(32-18-22-49(3)27-32)39-16-15-37(47-39)41(31-17-21-48(2)26-31)35-12-10-33(45-35)25-29-7-5-4-6-8-29;1-2/h4-12,15-21,23,26-27,34,39,44-47H,1,13-14,22,24-25,43H2,2-3H3;2H2,1H3/q+1;/p+1/b40-36-,41-37-,42-38-;. The Hall–Kier alpha value is -5.61. The van der Waals surface area contributed by atoms with Gasteiger partial charge in [-0.25, -0.2) is 10.4 Å². The van der Waals surface area contributed by atoms with Gasteiger partial charge in [0.25, 0.3) is 0 Å². The van der Waals surface area contributed by atoms with Crippen molar-refractivity contribution in [1.82, 2.24) is 25.9 Å². The molecule has 0 saturated carbocycles. The first-order valence-corrected chi connectivity index (χ1v) is 18.1. The molecule has 9 heteroatoms. The molecule has 8 rings (SSSR count). The van der Waals surface area contributed by atoms with E-state index < -0.39 is 0 Å². The largest absolute Gasteiger partial charge is 0.375 e. The molecule has 1 aromatic carbocycles. The van der Waals surface area contributed by atoms with Crippen LogP contribution in [0.2, 0.25) is 0 Å². The molecule has 0 bridgehead atoms. The lowest BCUT2D eigenvalue weighted by Crippen LogP contribution is -2.98. The molecule has 1 saturated heterocycles. The molecule has 52 heavy (non-hydrogen) atoms. The molecular weight excluding hydrogens is 643 g/mol. The smallest absolute Gasteiger partial charge is 0.171 e. The minimum absolute atomic E-state index is 0.0120. The predicted octanol–water partition coefficient (Wildman–Crippen LogP) is 3.56. The summed E-state index contributed by atoms with van der Waals surface area (Å²) in [5.41, 5.74) is 20.1. The van der Waals surface area contributed by atoms with Crippen molar-refractivity contribution in [3.8, 4) is 0 Å². The molecule has 0 amide bonds. The third kappa shape index (κ3) is 7.38. The van der Waals surface area contributed by atoms with Crippen LogP contribution < -0.4 is 32.4 Å². The van der Waals surface area contributed by atoms with Gasteiger partial charge < -0.3 is 31.7 Å². The minimum atomic E-state index is 0.0120. The fraction of sp³-hybridized carbons (Fsp3) is 0.233. The third-order valence-corrected chi connectivity index (χ3v) is 10.1. The van der Waals surface area contributed by atoms with Crippen LogP contribution in [0.4, 0.5) is 0 Å². The normalized spacial score (nSPS) is 25.9. The van der Waals surface area contributed by atoms with E-state index in [1.54, 1.807) is 5.01 Å². The van der Waals surface area contributed by atoms with Gasteiger partial charge in [-0.05, 0) is 67.5 Å². The number of quaternary nitrogens is 1. The van der Waals surface area contributed by atoms with Gasteiger partial charge in [0.05, 0.1) is 31.9 Å². The number of allylic oxidation sites excluding steroid dienone is 8. The van der Waals surface area contributed by atoms with Gasteiger partial charge in [0, 0.05) is 80.7 Å². The lowest BCUT2D eigenvalue weighted by molar-refractivity contribution is -0.763. The number of likely N-dealkylation sites (N-methyl/N-ethyl adjacent to an activating group) is 1. The third-order valence-electron chi connectivity index (χ3n) is 10.1. The van der Waals surface area contributed by atoms with Crippen LogP contribution in [0.25, 0.3) is 5.57 Å². The monoisotopic (exact) mass is 693 g/mol. The topological polar surface area (TPSA) is 115 Å². The van der Waals surface area contributed by atoms with Gasteiger partial charge in [0.2, 0.25) is 0 Å². The fourth-order valence-corrected chi connectivity index (χ4v) is 7.65. The summed E-state index contributed by atoms with van der Waals surface area (Å²) in [6.45, 7) is 5.73. The van der Waals surface area contributed by atoms with Gasteiger partial charge in [-0.3, -0.25) is 4.90 Å². The Morgan fingerprint density at radius 1 is 0.904 bits per heavy atom. The number of aromatic nitrogens is 1. The minimum Gasteiger partial charge on any atom is -0.375 e. The lowest BCUT2D eigenvalue weighted by atomic mass is 9.94. The Morgan fingerprint density at radius 3 is 2.31 bits per heavy atom. The molecule has 9 N–H and O–H groups in total. The van der Waals surface area contributed by atoms with E-state index in [1.807, 2.05) is 6.20 Å². The van der Waals surface area contributed by atoms with Crippen molar-refractivity contribution in [2.24, 2.45) is 11.6 Å². The number of rotatable bonds is 8. The molecule has 6 aliphatic heterocycles. The van der Waals surface area contributed by atoms with Crippen molar-refractivity contribution >= 4 is 11.8 Å². The van der Waals surface area contributed by atoms with E-state index >= 15 is 0 Å². The Bertz CT molecular complexity index is 2070. The first-order chi connectivity index (χ1) is 25.4. The summed E-state index contributed by atoms with van der Waals surface area (Å²) in [6.07, 6.45) is 29.2. The summed E-state index contributed by atoms with van der Waals surface area (Å²) in [7, 11) is 5.80. The molecule has 2 aromatic rings. The average Bonchev–Trinajstić information content (AvgIpc) is 4.01. The number of nitrogens with two attached hydrogens (primary N) is 2. The number of hydrogen-bond acceptors (Lipinski definition) is 6. The second-order valence-electron chi connectivity index (χ2n) is 13.8. The quantitative estimate of drug-likeness (QED) is 0.168. The van der Waals surface area contributed by atoms with E-state index in [4.69, 9.17) is 5.84 Å². The van der Waals surface area contributed by atoms with Crippen molar-refractivity contribution in [2.45, 2.75) is 31.3 Å². The highest BCUT2D eigenvalue weighted by atomic mass is 15.4. The van der Waals surface area contributed by atoms with Crippen LogP contribution >= 0.6 is 0 Å². The zero-order valence-electron chi connectivity index (χ0n) is 30.4. The molecule has 9 nitrogen and oxygen atoms in total. The van der Waals surface area contributed by atoms with Crippen LogP contribution in [0.5, 0.6) is 0 Å². The Labute approximate surface area is 307 Å². The van der Waals surface area contributed by atoms with E-state index in [1.165, 1.54) is 68.0 Å². The SMILES string of the molecule is C=C1C=CC(/C(C2=CCN(N)C=C2)=C2/CC/C(=C(\C3=CC[N+](C)=C3)C3C=C/C(=C(\C4=C[NH+](C)C=C4)c4ccc(Cc5ccccc5)[nH]4)N3)N2)N1.CN. The Kier molecular flexibility index (Phi) is 10.3. The summed E-state index contributed by atoms with van der Waals surface area (Å²) in [6, 6.07) is 15.1. The van der Waals surface area contributed by atoms with Crippen LogP contribution in [0, 0.1) is 0 Å². The number of H-pyrrole nitrogens is 1. The molecule has 266 valence electrons. The maximum atomic E-state index is 6.07. The van der Waals surface area contributed by atoms with Crippen LogP contribution in [-0.2, 0) is 6.42 Å². The van der Waals surface area contributed by atoms with E-state index in [2.05, 4.69) is 162 Å². The highest BCUT2D eigenvalue weighted by Gasteiger charge is 2.33. The predicted molar refractivity (Wildman–Crippen MR) is 212 cm³/mol. The molecule has 1 aromatic heterocycles. The summed E-state index contributed by atoms with van der Waals surface area (Å²) in [4.78, 5) is 5.02. The van der Waals surface area contributed by atoms with Gasteiger partial charge >= 0.3 is 0 Å². The van der Waals surface area contributed by atoms with Crippen LogP contribution in [0.3, 0.4) is 0 Å². The van der Waals surface area contributed by atoms with E-state index in [0.717, 1.165) is 42.9 Å². The summed E-state index contributed by atoms with van der Waals surface area (Å²) in [5.74, 6) is 6.07. The number of nitrogens with zero attached hydrogens (tertiary/aromatic N) is 2. The first kappa shape index (κ1) is 34.8. The molecule has 0 spiro atoms. The van der Waals surface area contributed by atoms with Gasteiger partial charge in [0.15, 0.2) is 12.8 Å². The Balaban J connectivity index is 0.00000207. The van der Waals surface area contributed by atoms with Crippen molar-refractivity contribution < 1.29 is 9.48 Å². The molecule has 0 aliphatic carbocycles. The van der Waals surface area contributed by atoms with Gasteiger partial charge in [-0.1, -0.05) is 55.1 Å².